The van der Waals surface area contributed by atoms with Crippen LogP contribution in [0.25, 0.3) is 0 Å². The minimum atomic E-state index is -4.04. The fourth-order valence-corrected chi connectivity index (χ4v) is 4.04. The Morgan fingerprint density at radius 1 is 0.970 bits per heavy atom. The molecule has 3 rings (SSSR count). The summed E-state index contributed by atoms with van der Waals surface area (Å²) < 4.78 is 42.9. The van der Waals surface area contributed by atoms with E-state index >= 15 is 0 Å². The van der Waals surface area contributed by atoms with Gasteiger partial charge in [-0.2, -0.15) is 4.72 Å². The normalized spacial score (nSPS) is 13.5. The van der Waals surface area contributed by atoms with E-state index in [9.17, 15) is 22.8 Å². The quantitative estimate of drug-likeness (QED) is 0.481. The summed E-state index contributed by atoms with van der Waals surface area (Å²) >= 11 is 0. The average molecular weight is 477 g/mol. The number of sulfonamides is 1. The first-order valence-corrected chi connectivity index (χ1v) is 11.4. The topological polar surface area (TPSA) is 149 Å². The summed E-state index contributed by atoms with van der Waals surface area (Å²) in [6, 6.07) is 9.01. The molecule has 0 aromatic heterocycles. The monoisotopic (exact) mass is 477 g/mol. The van der Waals surface area contributed by atoms with Crippen molar-refractivity contribution in [1.82, 2.24) is 4.72 Å². The number of benzene rings is 2. The molecule has 0 unspecified atom stereocenters. The Morgan fingerprint density at radius 2 is 1.61 bits per heavy atom. The number of hydrogen-bond donors (Lipinski definition) is 3. The van der Waals surface area contributed by atoms with E-state index in [0.29, 0.717) is 36.1 Å². The van der Waals surface area contributed by atoms with Crippen LogP contribution in [-0.4, -0.2) is 52.1 Å². The Bertz CT molecular complexity index is 1150. The summed E-state index contributed by atoms with van der Waals surface area (Å²) in [6.07, 6.45) is 0. The number of esters is 1. The highest BCUT2D eigenvalue weighted by Gasteiger charge is 2.24. The van der Waals surface area contributed by atoms with E-state index in [1.807, 2.05) is 0 Å². The van der Waals surface area contributed by atoms with Gasteiger partial charge in [-0.05, 0) is 43.3 Å². The van der Waals surface area contributed by atoms with Crippen LogP contribution in [0.15, 0.2) is 47.4 Å². The van der Waals surface area contributed by atoms with Crippen molar-refractivity contribution in [3.63, 3.8) is 0 Å². The molecule has 2 aromatic rings. The van der Waals surface area contributed by atoms with Crippen molar-refractivity contribution >= 4 is 39.2 Å². The summed E-state index contributed by atoms with van der Waals surface area (Å²) in [5, 5.41) is 5.08. The Balaban J connectivity index is 1.50. The second-order valence-corrected chi connectivity index (χ2v) is 8.78. The molecule has 0 bridgehead atoms. The number of hydrogen-bond acceptors (Lipinski definition) is 8. The first-order chi connectivity index (χ1) is 15.6. The Morgan fingerprint density at radius 3 is 2.27 bits per heavy atom. The standard InChI is InChI=1S/C21H23N3O8S/c1-13(24-33(28,29)17-6-3-15(4-7-17)22-14(2)25)21(27)32-12-20(26)23-16-5-8-18-19(11-16)31-10-9-30-18/h3-8,11,13,24H,9-10,12H2,1-2H3,(H,22,25)(H,23,26)/t13-/m0/s1. The predicted octanol–water partition coefficient (Wildman–Crippen LogP) is 1.26. The van der Waals surface area contributed by atoms with Gasteiger partial charge < -0.3 is 24.8 Å². The van der Waals surface area contributed by atoms with Gasteiger partial charge in [0.2, 0.25) is 15.9 Å². The number of carbonyl (C=O) groups is 3. The van der Waals surface area contributed by atoms with Crippen molar-refractivity contribution in [3.05, 3.63) is 42.5 Å². The molecule has 176 valence electrons. The molecule has 1 aliphatic rings. The summed E-state index contributed by atoms with van der Waals surface area (Å²) in [5.74, 6) is -0.770. The lowest BCUT2D eigenvalue weighted by molar-refractivity contribution is -0.148. The molecule has 0 aliphatic carbocycles. The van der Waals surface area contributed by atoms with E-state index in [4.69, 9.17) is 14.2 Å². The van der Waals surface area contributed by atoms with Crippen LogP contribution < -0.4 is 24.8 Å². The third-order valence-corrected chi connectivity index (χ3v) is 5.90. The Labute approximate surface area is 190 Å². The summed E-state index contributed by atoms with van der Waals surface area (Å²) in [5.41, 5.74) is 0.856. The first kappa shape index (κ1) is 24.0. The molecule has 1 heterocycles. The van der Waals surface area contributed by atoms with Crippen LogP contribution in [0.1, 0.15) is 13.8 Å². The maximum Gasteiger partial charge on any atom is 0.324 e. The van der Waals surface area contributed by atoms with Crippen LogP contribution in [0, 0.1) is 0 Å². The van der Waals surface area contributed by atoms with Gasteiger partial charge in [-0.15, -0.1) is 0 Å². The van der Waals surface area contributed by atoms with Crippen molar-refractivity contribution in [1.29, 1.82) is 0 Å². The number of carbonyl (C=O) groups excluding carboxylic acids is 3. The zero-order chi connectivity index (χ0) is 24.0. The zero-order valence-corrected chi connectivity index (χ0v) is 18.7. The molecule has 3 N–H and O–H groups in total. The number of amides is 2. The summed E-state index contributed by atoms with van der Waals surface area (Å²) in [6.45, 7) is 2.86. The van der Waals surface area contributed by atoms with E-state index in [1.54, 1.807) is 18.2 Å². The molecule has 1 aliphatic heterocycles. The number of rotatable bonds is 8. The van der Waals surface area contributed by atoms with Gasteiger partial charge in [0, 0.05) is 24.4 Å². The van der Waals surface area contributed by atoms with Crippen molar-refractivity contribution in [3.8, 4) is 11.5 Å². The molecule has 0 radical (unpaired) electrons. The van der Waals surface area contributed by atoms with Crippen molar-refractivity contribution in [2.45, 2.75) is 24.8 Å². The van der Waals surface area contributed by atoms with Gasteiger partial charge in [-0.25, -0.2) is 8.42 Å². The van der Waals surface area contributed by atoms with Crippen molar-refractivity contribution < 1.29 is 37.0 Å². The molecule has 33 heavy (non-hydrogen) atoms. The minimum absolute atomic E-state index is 0.104. The van der Waals surface area contributed by atoms with E-state index in [-0.39, 0.29) is 10.8 Å². The molecule has 11 nitrogen and oxygen atoms in total. The maximum atomic E-state index is 12.5. The summed E-state index contributed by atoms with van der Waals surface area (Å²) in [4.78, 5) is 35.2. The van der Waals surface area contributed by atoms with Crippen molar-refractivity contribution in [2.24, 2.45) is 0 Å². The van der Waals surface area contributed by atoms with Crippen LogP contribution in [0.4, 0.5) is 11.4 Å². The second-order valence-electron chi connectivity index (χ2n) is 7.06. The lowest BCUT2D eigenvalue weighted by Gasteiger charge is -2.19. The second kappa shape index (κ2) is 10.3. The number of ether oxygens (including phenoxy) is 3. The lowest BCUT2D eigenvalue weighted by atomic mass is 10.2. The smallest absolute Gasteiger partial charge is 0.324 e. The van der Waals surface area contributed by atoms with E-state index in [0.717, 1.165) is 0 Å². The predicted molar refractivity (Wildman–Crippen MR) is 118 cm³/mol. The highest BCUT2D eigenvalue weighted by Crippen LogP contribution is 2.32. The van der Waals surface area contributed by atoms with Gasteiger partial charge in [0.15, 0.2) is 18.1 Å². The molecule has 2 aromatic carbocycles. The van der Waals surface area contributed by atoms with E-state index < -0.39 is 34.5 Å². The van der Waals surface area contributed by atoms with E-state index in [2.05, 4.69) is 15.4 Å². The van der Waals surface area contributed by atoms with Gasteiger partial charge in [-0.3, -0.25) is 14.4 Å². The van der Waals surface area contributed by atoms with Crippen molar-refractivity contribution in [2.75, 3.05) is 30.5 Å². The van der Waals surface area contributed by atoms with Crippen LogP contribution in [0.5, 0.6) is 11.5 Å². The molecule has 0 saturated carbocycles. The number of nitrogens with one attached hydrogen (secondary N) is 3. The Hall–Kier alpha value is -3.64. The fraction of sp³-hybridized carbons (Fsp3) is 0.286. The van der Waals surface area contributed by atoms with Crippen LogP contribution >= 0.6 is 0 Å². The van der Waals surface area contributed by atoms with Gasteiger partial charge in [0.05, 0.1) is 4.90 Å². The summed E-state index contributed by atoms with van der Waals surface area (Å²) in [7, 11) is -4.04. The molecule has 0 fully saturated rings. The molecular formula is C21H23N3O8S. The zero-order valence-electron chi connectivity index (χ0n) is 17.9. The molecule has 12 heteroatoms. The van der Waals surface area contributed by atoms with Gasteiger partial charge >= 0.3 is 5.97 Å². The third-order valence-electron chi connectivity index (χ3n) is 4.34. The molecule has 2 amide bonds. The van der Waals surface area contributed by atoms with Crippen LogP contribution in [0.3, 0.4) is 0 Å². The molecule has 1 atom stereocenters. The molecular weight excluding hydrogens is 454 g/mol. The highest BCUT2D eigenvalue weighted by atomic mass is 32.2. The van der Waals surface area contributed by atoms with Crippen LogP contribution in [-0.2, 0) is 29.1 Å². The number of fused-ring (bicyclic) bond motifs is 1. The SMILES string of the molecule is CC(=O)Nc1ccc(S(=O)(=O)N[C@@H](C)C(=O)OCC(=O)Nc2ccc3c(c2)OCCO3)cc1. The number of anilines is 2. The third kappa shape index (κ3) is 6.67. The van der Waals surface area contributed by atoms with Crippen LogP contribution in [0.2, 0.25) is 0 Å². The molecule has 0 saturated heterocycles. The highest BCUT2D eigenvalue weighted by molar-refractivity contribution is 7.89. The minimum Gasteiger partial charge on any atom is -0.486 e. The van der Waals surface area contributed by atoms with Gasteiger partial charge in [-0.1, -0.05) is 0 Å². The average Bonchev–Trinajstić information content (AvgIpc) is 2.77. The van der Waals surface area contributed by atoms with E-state index in [1.165, 1.54) is 38.1 Å². The van der Waals surface area contributed by atoms with Gasteiger partial charge in [0.25, 0.3) is 5.91 Å². The largest absolute Gasteiger partial charge is 0.486 e. The maximum absolute atomic E-state index is 12.5. The lowest BCUT2D eigenvalue weighted by Crippen LogP contribution is -2.40. The van der Waals surface area contributed by atoms with Gasteiger partial charge in [0.1, 0.15) is 19.3 Å². The Kier molecular flexibility index (Phi) is 7.51. The first-order valence-electron chi connectivity index (χ1n) is 9.90. The fourth-order valence-electron chi connectivity index (χ4n) is 2.85. The molecule has 0 spiro atoms.